The van der Waals surface area contributed by atoms with Crippen LogP contribution < -0.4 is 9.47 Å². The Kier molecular flexibility index (Phi) is 7.47. The van der Waals surface area contributed by atoms with Crippen LogP contribution in [-0.2, 0) is 14.3 Å². The molecule has 140 valence electrons. The molecular formula is C18H21NO5S2. The number of amides is 1. The summed E-state index contributed by atoms with van der Waals surface area (Å²) in [6.07, 6.45) is 2.61. The lowest BCUT2D eigenvalue weighted by Crippen LogP contribution is -2.30. The number of ether oxygens (including phenoxy) is 3. The van der Waals surface area contributed by atoms with Crippen molar-refractivity contribution < 1.29 is 23.8 Å². The molecule has 0 aromatic heterocycles. The Balaban J connectivity index is 2.10. The number of nitrogens with zero attached hydrogens (tertiary/aromatic N) is 1. The zero-order valence-electron chi connectivity index (χ0n) is 14.9. The first-order valence-electron chi connectivity index (χ1n) is 8.13. The minimum Gasteiger partial charge on any atom is -0.497 e. The average molecular weight is 396 g/mol. The van der Waals surface area contributed by atoms with Gasteiger partial charge in [-0.2, -0.15) is 0 Å². The molecule has 1 amide bonds. The molecular weight excluding hydrogens is 374 g/mol. The Hall–Kier alpha value is -2.06. The van der Waals surface area contributed by atoms with Gasteiger partial charge in [-0.25, -0.2) is 0 Å². The summed E-state index contributed by atoms with van der Waals surface area (Å²) in [7, 11) is 3.13. The molecule has 8 heteroatoms. The molecule has 0 radical (unpaired) electrons. The van der Waals surface area contributed by atoms with E-state index in [9.17, 15) is 9.59 Å². The highest BCUT2D eigenvalue weighted by molar-refractivity contribution is 8.26. The summed E-state index contributed by atoms with van der Waals surface area (Å²) in [4.78, 5) is 26.1. The predicted octanol–water partition coefficient (Wildman–Crippen LogP) is 3.25. The minimum atomic E-state index is -0.332. The lowest BCUT2D eigenvalue weighted by molar-refractivity contribution is -0.143. The molecule has 2 rings (SSSR count). The molecule has 0 bridgehead atoms. The second-order valence-corrected chi connectivity index (χ2v) is 7.09. The lowest BCUT2D eigenvalue weighted by Gasteiger charge is -2.13. The van der Waals surface area contributed by atoms with Crippen LogP contribution in [0.3, 0.4) is 0 Å². The van der Waals surface area contributed by atoms with Gasteiger partial charge in [-0.3, -0.25) is 14.5 Å². The maximum absolute atomic E-state index is 12.6. The maximum Gasteiger partial charge on any atom is 0.307 e. The monoisotopic (exact) mass is 395 g/mol. The van der Waals surface area contributed by atoms with Crippen LogP contribution in [0.5, 0.6) is 11.5 Å². The van der Waals surface area contributed by atoms with E-state index in [1.165, 1.54) is 16.7 Å². The molecule has 0 N–H and O–H groups in total. The maximum atomic E-state index is 12.6. The summed E-state index contributed by atoms with van der Waals surface area (Å²) in [5.41, 5.74) is 0.746. The van der Waals surface area contributed by atoms with E-state index in [0.29, 0.717) is 27.3 Å². The van der Waals surface area contributed by atoms with Crippen molar-refractivity contribution in [2.75, 3.05) is 27.4 Å². The van der Waals surface area contributed by atoms with Crippen LogP contribution in [0.15, 0.2) is 23.1 Å². The second kappa shape index (κ2) is 9.59. The highest BCUT2D eigenvalue weighted by Gasteiger charge is 2.32. The Morgan fingerprint density at radius 1 is 1.31 bits per heavy atom. The number of benzene rings is 1. The number of carbonyl (C=O) groups excluding carboxylic acids is 2. The van der Waals surface area contributed by atoms with E-state index >= 15 is 0 Å². The van der Waals surface area contributed by atoms with Gasteiger partial charge in [-0.1, -0.05) is 30.9 Å². The highest BCUT2D eigenvalue weighted by atomic mass is 32.2. The number of carbonyl (C=O) groups is 2. The number of thiocarbonyl (C=S) groups is 1. The zero-order chi connectivity index (χ0) is 19.1. The molecule has 0 aliphatic carbocycles. The zero-order valence-corrected chi connectivity index (χ0v) is 16.6. The van der Waals surface area contributed by atoms with Crippen molar-refractivity contribution in [2.24, 2.45) is 0 Å². The van der Waals surface area contributed by atoms with Gasteiger partial charge in [0.15, 0.2) is 0 Å². The van der Waals surface area contributed by atoms with Crippen molar-refractivity contribution in [1.82, 2.24) is 4.90 Å². The molecule has 0 spiro atoms. The summed E-state index contributed by atoms with van der Waals surface area (Å²) >= 11 is 6.48. The number of hydrogen-bond acceptors (Lipinski definition) is 7. The summed E-state index contributed by atoms with van der Waals surface area (Å²) < 4.78 is 16.0. The first-order chi connectivity index (χ1) is 12.5. The van der Waals surface area contributed by atoms with Crippen molar-refractivity contribution in [2.45, 2.75) is 19.8 Å². The van der Waals surface area contributed by atoms with Crippen LogP contribution >= 0.6 is 24.0 Å². The molecule has 0 atom stereocenters. The number of hydrogen-bond donors (Lipinski definition) is 0. The van der Waals surface area contributed by atoms with Crippen molar-refractivity contribution in [3.63, 3.8) is 0 Å². The fraction of sp³-hybridized carbons (Fsp3) is 0.389. The first-order valence-corrected chi connectivity index (χ1v) is 9.35. The Morgan fingerprint density at radius 3 is 2.73 bits per heavy atom. The molecule has 1 aromatic rings. The van der Waals surface area contributed by atoms with Crippen LogP contribution in [0.4, 0.5) is 0 Å². The topological polar surface area (TPSA) is 65.1 Å². The van der Waals surface area contributed by atoms with Gasteiger partial charge in [0, 0.05) is 18.2 Å². The van der Waals surface area contributed by atoms with E-state index in [1.54, 1.807) is 32.4 Å². The summed E-state index contributed by atoms with van der Waals surface area (Å²) in [5, 5.41) is 0. The number of thioether (sulfide) groups is 1. The number of esters is 1. The number of methoxy groups -OCH3 is 2. The normalized spacial score (nSPS) is 15.5. The molecule has 1 saturated heterocycles. The van der Waals surface area contributed by atoms with Gasteiger partial charge < -0.3 is 14.2 Å². The van der Waals surface area contributed by atoms with E-state index in [4.69, 9.17) is 26.4 Å². The summed E-state index contributed by atoms with van der Waals surface area (Å²) in [5.74, 6) is 0.706. The molecule has 6 nitrogen and oxygen atoms in total. The molecule has 1 aliphatic heterocycles. The summed E-state index contributed by atoms with van der Waals surface area (Å²) in [6, 6.07) is 5.35. The van der Waals surface area contributed by atoms with Crippen LogP contribution in [-0.4, -0.2) is 48.5 Å². The third-order valence-corrected chi connectivity index (χ3v) is 4.99. The van der Waals surface area contributed by atoms with Crippen LogP contribution in [0.1, 0.15) is 25.3 Å². The average Bonchev–Trinajstić information content (AvgIpc) is 2.91. The molecule has 1 aliphatic rings. The van der Waals surface area contributed by atoms with Gasteiger partial charge in [0.05, 0.1) is 32.2 Å². The third-order valence-electron chi connectivity index (χ3n) is 3.61. The van der Waals surface area contributed by atoms with Crippen molar-refractivity contribution in [1.29, 1.82) is 0 Å². The van der Waals surface area contributed by atoms with Gasteiger partial charge in [0.1, 0.15) is 15.8 Å². The fourth-order valence-electron chi connectivity index (χ4n) is 2.26. The molecule has 0 unspecified atom stereocenters. The van der Waals surface area contributed by atoms with Crippen molar-refractivity contribution >= 4 is 46.3 Å². The Bertz CT molecular complexity index is 732. The standard InChI is InChI=1S/C18H21NO5S2/c1-4-9-24-16(20)7-8-19-17(21)15(26-18(19)25)10-12-5-6-13(22-2)11-14(12)23-3/h5-6,10-11H,4,7-9H2,1-3H3/b15-10-. The van der Waals surface area contributed by atoms with Gasteiger partial charge in [-0.15, -0.1) is 0 Å². The smallest absolute Gasteiger partial charge is 0.307 e. The first kappa shape index (κ1) is 20.3. The van der Waals surface area contributed by atoms with Gasteiger partial charge in [-0.05, 0) is 24.6 Å². The molecule has 1 heterocycles. The minimum absolute atomic E-state index is 0.117. The van der Waals surface area contributed by atoms with E-state index < -0.39 is 0 Å². The molecule has 26 heavy (non-hydrogen) atoms. The van der Waals surface area contributed by atoms with Gasteiger partial charge >= 0.3 is 5.97 Å². The Labute approximate surface area is 162 Å². The van der Waals surface area contributed by atoms with Crippen LogP contribution in [0.25, 0.3) is 6.08 Å². The van der Waals surface area contributed by atoms with Crippen molar-refractivity contribution in [3.8, 4) is 11.5 Å². The summed E-state index contributed by atoms with van der Waals surface area (Å²) in [6.45, 7) is 2.52. The fourth-order valence-corrected chi connectivity index (χ4v) is 3.56. The molecule has 0 saturated carbocycles. The largest absolute Gasteiger partial charge is 0.497 e. The van der Waals surface area contributed by atoms with E-state index in [-0.39, 0.29) is 24.8 Å². The second-order valence-electron chi connectivity index (χ2n) is 5.41. The quantitative estimate of drug-likeness (QED) is 0.380. The number of rotatable bonds is 8. The van der Waals surface area contributed by atoms with E-state index in [2.05, 4.69) is 0 Å². The van der Waals surface area contributed by atoms with Gasteiger partial charge in [0.2, 0.25) is 0 Å². The van der Waals surface area contributed by atoms with Crippen LogP contribution in [0.2, 0.25) is 0 Å². The van der Waals surface area contributed by atoms with Crippen LogP contribution in [0, 0.1) is 0 Å². The molecule has 1 aromatic carbocycles. The SMILES string of the molecule is CCCOC(=O)CCN1C(=O)/C(=C/c2ccc(OC)cc2OC)SC1=S. The Morgan fingerprint density at radius 2 is 2.08 bits per heavy atom. The predicted molar refractivity (Wildman–Crippen MR) is 105 cm³/mol. The van der Waals surface area contributed by atoms with E-state index in [0.717, 1.165) is 12.0 Å². The molecule has 1 fully saturated rings. The van der Waals surface area contributed by atoms with Gasteiger partial charge in [0.25, 0.3) is 5.91 Å². The van der Waals surface area contributed by atoms with E-state index in [1.807, 2.05) is 13.0 Å². The third kappa shape index (κ3) is 4.98. The highest BCUT2D eigenvalue weighted by Crippen LogP contribution is 2.35. The lowest BCUT2D eigenvalue weighted by atomic mass is 10.1. The van der Waals surface area contributed by atoms with Crippen molar-refractivity contribution in [3.05, 3.63) is 28.7 Å².